The van der Waals surface area contributed by atoms with Gasteiger partial charge in [-0.05, 0) is 31.5 Å². The van der Waals surface area contributed by atoms with Gasteiger partial charge in [0.15, 0.2) is 0 Å². The van der Waals surface area contributed by atoms with Gasteiger partial charge < -0.3 is 15.0 Å². The topological polar surface area (TPSA) is 41.6 Å². The fraction of sp³-hybridized carbons (Fsp3) is 0.533. The van der Waals surface area contributed by atoms with E-state index in [1.807, 2.05) is 36.1 Å². The van der Waals surface area contributed by atoms with Gasteiger partial charge in [0.2, 0.25) is 5.91 Å². The van der Waals surface area contributed by atoms with Gasteiger partial charge >= 0.3 is 0 Å². The first kappa shape index (κ1) is 13.9. The lowest BCUT2D eigenvalue weighted by Crippen LogP contribution is -2.53. The zero-order chi connectivity index (χ0) is 13.8. The van der Waals surface area contributed by atoms with Crippen LogP contribution in [-0.4, -0.2) is 43.6 Å². The Bertz CT molecular complexity index is 448. The van der Waals surface area contributed by atoms with E-state index >= 15 is 0 Å². The van der Waals surface area contributed by atoms with E-state index in [0.29, 0.717) is 0 Å². The normalized spacial score (nSPS) is 21.0. The molecule has 1 aromatic rings. The summed E-state index contributed by atoms with van der Waals surface area (Å²) < 4.78 is 5.22. The van der Waals surface area contributed by atoms with Crippen molar-refractivity contribution in [3.8, 4) is 5.75 Å². The highest BCUT2D eigenvalue weighted by Gasteiger charge is 2.27. The average Bonchev–Trinajstić information content (AvgIpc) is 2.46. The van der Waals surface area contributed by atoms with Crippen molar-refractivity contribution >= 4 is 5.91 Å². The van der Waals surface area contributed by atoms with Crippen LogP contribution in [0.15, 0.2) is 24.3 Å². The van der Waals surface area contributed by atoms with Gasteiger partial charge in [0.05, 0.1) is 13.0 Å². The summed E-state index contributed by atoms with van der Waals surface area (Å²) in [5.74, 6) is 0.864. The molecule has 1 fully saturated rings. The maximum Gasteiger partial charge on any atom is 0.230 e. The van der Waals surface area contributed by atoms with Gasteiger partial charge in [-0.3, -0.25) is 4.79 Å². The molecular formula is C15H22N2O2. The first-order valence-electron chi connectivity index (χ1n) is 6.78. The van der Waals surface area contributed by atoms with Crippen molar-refractivity contribution in [2.75, 3.05) is 26.7 Å². The van der Waals surface area contributed by atoms with Gasteiger partial charge in [0, 0.05) is 25.7 Å². The van der Waals surface area contributed by atoms with Crippen LogP contribution in [-0.2, 0) is 4.79 Å². The Balaban J connectivity index is 2.13. The Morgan fingerprint density at radius 3 is 3.00 bits per heavy atom. The van der Waals surface area contributed by atoms with Crippen molar-refractivity contribution in [2.45, 2.75) is 25.8 Å². The van der Waals surface area contributed by atoms with Crippen LogP contribution in [0.4, 0.5) is 0 Å². The first-order chi connectivity index (χ1) is 9.13. The van der Waals surface area contributed by atoms with Crippen LogP contribution >= 0.6 is 0 Å². The second kappa shape index (κ2) is 6.06. The molecule has 0 spiro atoms. The van der Waals surface area contributed by atoms with E-state index in [-0.39, 0.29) is 17.9 Å². The van der Waals surface area contributed by atoms with Gasteiger partial charge in [0.25, 0.3) is 0 Å². The maximum absolute atomic E-state index is 12.6. The predicted molar refractivity (Wildman–Crippen MR) is 75.5 cm³/mol. The fourth-order valence-electron chi connectivity index (χ4n) is 2.47. The van der Waals surface area contributed by atoms with Crippen molar-refractivity contribution in [1.29, 1.82) is 0 Å². The highest BCUT2D eigenvalue weighted by Crippen LogP contribution is 2.23. The maximum atomic E-state index is 12.6. The molecule has 0 aliphatic carbocycles. The van der Waals surface area contributed by atoms with Crippen molar-refractivity contribution in [2.24, 2.45) is 0 Å². The summed E-state index contributed by atoms with van der Waals surface area (Å²) in [6.45, 7) is 6.58. The Kier molecular flexibility index (Phi) is 4.43. The lowest BCUT2D eigenvalue weighted by atomic mass is 9.98. The minimum Gasteiger partial charge on any atom is -0.497 e. The molecule has 1 N–H and O–H groups in total. The molecule has 4 heteroatoms. The lowest BCUT2D eigenvalue weighted by Gasteiger charge is -2.35. The zero-order valence-electron chi connectivity index (χ0n) is 11.8. The Morgan fingerprint density at radius 1 is 1.53 bits per heavy atom. The summed E-state index contributed by atoms with van der Waals surface area (Å²) in [6.07, 6.45) is 0. The Hall–Kier alpha value is -1.55. The van der Waals surface area contributed by atoms with Crippen molar-refractivity contribution in [3.05, 3.63) is 29.8 Å². The molecule has 1 aromatic carbocycles. The number of hydrogen-bond acceptors (Lipinski definition) is 3. The lowest BCUT2D eigenvalue weighted by molar-refractivity contribution is -0.135. The third kappa shape index (κ3) is 3.07. The quantitative estimate of drug-likeness (QED) is 0.900. The van der Waals surface area contributed by atoms with E-state index in [1.165, 1.54) is 0 Å². The highest BCUT2D eigenvalue weighted by atomic mass is 16.5. The molecular weight excluding hydrogens is 240 g/mol. The standard InChI is InChI=1S/C15H22N2O2/c1-11-10-16-7-8-17(11)15(18)12(2)13-5-4-6-14(9-13)19-3/h4-6,9,11-12,16H,7-8,10H2,1-3H3. The number of nitrogens with one attached hydrogen (secondary N) is 1. The second-order valence-electron chi connectivity index (χ2n) is 5.08. The minimum atomic E-state index is -0.129. The van der Waals surface area contributed by atoms with Gasteiger partial charge in [0.1, 0.15) is 5.75 Å². The SMILES string of the molecule is COc1cccc(C(C)C(=O)N2CCNCC2C)c1. The van der Waals surface area contributed by atoms with Crippen LogP contribution in [0.2, 0.25) is 0 Å². The number of piperazine rings is 1. The van der Waals surface area contributed by atoms with E-state index in [2.05, 4.69) is 12.2 Å². The van der Waals surface area contributed by atoms with Crippen molar-refractivity contribution < 1.29 is 9.53 Å². The largest absolute Gasteiger partial charge is 0.497 e. The van der Waals surface area contributed by atoms with E-state index in [1.54, 1.807) is 7.11 Å². The molecule has 1 aliphatic heterocycles. The average molecular weight is 262 g/mol. The molecule has 1 saturated heterocycles. The predicted octanol–water partition coefficient (Wildman–Crippen LogP) is 1.62. The summed E-state index contributed by atoms with van der Waals surface area (Å²) in [6, 6.07) is 8.01. The van der Waals surface area contributed by atoms with Crippen LogP contribution in [0.25, 0.3) is 0 Å². The molecule has 0 saturated carbocycles. The summed E-state index contributed by atoms with van der Waals surface area (Å²) in [4.78, 5) is 14.5. The summed E-state index contributed by atoms with van der Waals surface area (Å²) in [7, 11) is 1.64. The van der Waals surface area contributed by atoms with Crippen LogP contribution in [0.1, 0.15) is 25.3 Å². The van der Waals surface area contributed by atoms with Gasteiger partial charge in [-0.25, -0.2) is 0 Å². The molecule has 1 heterocycles. The summed E-state index contributed by atoms with van der Waals surface area (Å²) >= 11 is 0. The minimum absolute atomic E-state index is 0.129. The van der Waals surface area contributed by atoms with Gasteiger partial charge in [-0.1, -0.05) is 12.1 Å². The third-order valence-electron chi connectivity index (χ3n) is 3.75. The number of rotatable bonds is 3. The van der Waals surface area contributed by atoms with E-state index < -0.39 is 0 Å². The first-order valence-corrected chi connectivity index (χ1v) is 6.78. The van der Waals surface area contributed by atoms with Crippen LogP contribution in [0.3, 0.4) is 0 Å². The molecule has 0 aromatic heterocycles. The second-order valence-corrected chi connectivity index (χ2v) is 5.08. The molecule has 0 bridgehead atoms. The number of carbonyl (C=O) groups is 1. The van der Waals surface area contributed by atoms with Gasteiger partial charge in [-0.2, -0.15) is 0 Å². The Labute approximate surface area is 114 Å². The smallest absolute Gasteiger partial charge is 0.230 e. The van der Waals surface area contributed by atoms with Gasteiger partial charge in [-0.15, -0.1) is 0 Å². The van der Waals surface area contributed by atoms with Crippen LogP contribution in [0, 0.1) is 0 Å². The number of hydrogen-bond donors (Lipinski definition) is 1. The van der Waals surface area contributed by atoms with E-state index in [9.17, 15) is 4.79 Å². The number of ether oxygens (including phenoxy) is 1. The third-order valence-corrected chi connectivity index (χ3v) is 3.75. The van der Waals surface area contributed by atoms with Crippen LogP contribution in [0.5, 0.6) is 5.75 Å². The van der Waals surface area contributed by atoms with E-state index in [0.717, 1.165) is 30.9 Å². The summed E-state index contributed by atoms with van der Waals surface area (Å²) in [5, 5.41) is 3.30. The summed E-state index contributed by atoms with van der Waals surface area (Å²) in [5.41, 5.74) is 1.01. The van der Waals surface area contributed by atoms with Crippen molar-refractivity contribution in [3.63, 3.8) is 0 Å². The molecule has 19 heavy (non-hydrogen) atoms. The number of nitrogens with zero attached hydrogens (tertiary/aromatic N) is 1. The fourth-order valence-corrected chi connectivity index (χ4v) is 2.47. The molecule has 104 valence electrons. The molecule has 0 radical (unpaired) electrons. The Morgan fingerprint density at radius 2 is 2.32 bits per heavy atom. The van der Waals surface area contributed by atoms with E-state index in [4.69, 9.17) is 4.74 Å². The monoisotopic (exact) mass is 262 g/mol. The molecule has 2 atom stereocenters. The molecule has 2 unspecified atom stereocenters. The van der Waals surface area contributed by atoms with Crippen LogP contribution < -0.4 is 10.1 Å². The number of methoxy groups -OCH3 is 1. The highest BCUT2D eigenvalue weighted by molar-refractivity contribution is 5.83. The molecule has 4 nitrogen and oxygen atoms in total. The molecule has 1 aliphatic rings. The zero-order valence-corrected chi connectivity index (χ0v) is 11.8. The number of benzene rings is 1. The molecule has 1 amide bonds. The number of carbonyl (C=O) groups excluding carboxylic acids is 1. The molecule has 2 rings (SSSR count). The van der Waals surface area contributed by atoms with Crippen molar-refractivity contribution in [1.82, 2.24) is 10.2 Å². The number of amides is 1.